The van der Waals surface area contributed by atoms with Crippen LogP contribution in [0.15, 0.2) is 6.33 Å². The van der Waals surface area contributed by atoms with E-state index in [4.69, 9.17) is 10.5 Å². The number of imidazole rings is 1. The molecule has 1 aliphatic heterocycles. The Morgan fingerprint density at radius 3 is 2.58 bits per heavy atom. The van der Waals surface area contributed by atoms with Crippen LogP contribution in [0.25, 0.3) is 11.2 Å². The van der Waals surface area contributed by atoms with E-state index < -0.39 is 40.7 Å². The predicted octanol–water partition coefficient (Wildman–Crippen LogP) is -3.30. The van der Waals surface area contributed by atoms with E-state index in [1.807, 2.05) is 0 Å². The molecule has 1 fully saturated rings. The van der Waals surface area contributed by atoms with E-state index in [2.05, 4.69) is 32.1 Å². The van der Waals surface area contributed by atoms with Crippen molar-refractivity contribution in [3.8, 4) is 11.8 Å². The van der Waals surface area contributed by atoms with Gasteiger partial charge in [0.2, 0.25) is 15.8 Å². The zero-order valence-electron chi connectivity index (χ0n) is 19.8. The van der Waals surface area contributed by atoms with Crippen LogP contribution in [0.2, 0.25) is 0 Å². The first kappa shape index (κ1) is 27.2. The molecule has 16 heteroatoms. The molecule has 1 saturated heterocycles. The number of aromatic nitrogens is 4. The highest BCUT2D eigenvalue weighted by Crippen LogP contribution is 2.17. The van der Waals surface area contributed by atoms with Gasteiger partial charge in [0.15, 0.2) is 17.6 Å². The third-order valence-electron chi connectivity index (χ3n) is 5.31. The highest BCUT2D eigenvalue weighted by atomic mass is 32.2. The summed E-state index contributed by atoms with van der Waals surface area (Å²) in [6, 6.07) is 0. The molecular weight excluding hydrogens is 496 g/mol. The highest BCUT2D eigenvalue weighted by Gasteiger charge is 2.28. The molecule has 0 aromatic carbocycles. The minimum Gasteiger partial charge on any atom is -0.394 e. The van der Waals surface area contributed by atoms with Crippen molar-refractivity contribution in [2.45, 2.75) is 25.9 Å². The zero-order chi connectivity index (χ0) is 26.5. The number of amides is 2. The van der Waals surface area contributed by atoms with Crippen LogP contribution in [-0.2, 0) is 31.1 Å². The molecule has 2 amide bonds. The molecule has 1 unspecified atom stereocenters. The molecule has 5 N–H and O–H groups in total. The summed E-state index contributed by atoms with van der Waals surface area (Å²) in [6.45, 7) is 1.85. The number of anilines is 1. The van der Waals surface area contributed by atoms with Crippen molar-refractivity contribution in [2.24, 2.45) is 0 Å². The SMILES string of the molecule is CCNC(=O)[C@@H](OCn1cnc2c(N)nc(C#CC(=O)N3CCN(S(C)(=O)=O)CC3)nc21)C(O)CO. The monoisotopic (exact) mass is 524 g/mol. The lowest BCUT2D eigenvalue weighted by molar-refractivity contribution is -0.147. The van der Waals surface area contributed by atoms with Gasteiger partial charge in [0.1, 0.15) is 18.4 Å². The number of nitrogens with one attached hydrogen (secondary N) is 1. The van der Waals surface area contributed by atoms with Crippen LogP contribution >= 0.6 is 0 Å². The summed E-state index contributed by atoms with van der Waals surface area (Å²) >= 11 is 0. The largest absolute Gasteiger partial charge is 0.394 e. The molecule has 36 heavy (non-hydrogen) atoms. The molecule has 2 aromatic heterocycles. The Morgan fingerprint density at radius 2 is 1.97 bits per heavy atom. The van der Waals surface area contributed by atoms with Crippen molar-refractivity contribution in [3.63, 3.8) is 0 Å². The first-order valence-corrected chi connectivity index (χ1v) is 12.8. The van der Waals surface area contributed by atoms with Gasteiger partial charge in [0.05, 0.1) is 19.2 Å². The number of fused-ring (bicyclic) bond motifs is 1. The van der Waals surface area contributed by atoms with Gasteiger partial charge in [-0.2, -0.15) is 4.31 Å². The summed E-state index contributed by atoms with van der Waals surface area (Å²) in [5.41, 5.74) is 6.42. The molecular formula is C20H28N8O7S. The van der Waals surface area contributed by atoms with Gasteiger partial charge >= 0.3 is 0 Å². The first-order chi connectivity index (χ1) is 17.0. The number of ether oxygens (including phenoxy) is 1. The van der Waals surface area contributed by atoms with E-state index in [1.54, 1.807) is 6.92 Å². The van der Waals surface area contributed by atoms with Crippen molar-refractivity contribution < 1.29 is 33.0 Å². The molecule has 3 heterocycles. The van der Waals surface area contributed by atoms with Crippen LogP contribution < -0.4 is 11.1 Å². The Kier molecular flexibility index (Phi) is 8.76. The van der Waals surface area contributed by atoms with Gasteiger partial charge in [-0.05, 0) is 12.8 Å². The van der Waals surface area contributed by atoms with Crippen LogP contribution in [0.5, 0.6) is 0 Å². The number of piperazine rings is 1. The molecule has 1 aliphatic rings. The average Bonchev–Trinajstić information content (AvgIpc) is 3.25. The first-order valence-electron chi connectivity index (χ1n) is 11.0. The molecule has 2 aromatic rings. The lowest BCUT2D eigenvalue weighted by Gasteiger charge is -2.31. The Hall–Kier alpha value is -3.36. The number of aliphatic hydroxyl groups is 2. The number of rotatable bonds is 8. The van der Waals surface area contributed by atoms with Gasteiger partial charge in [0, 0.05) is 38.6 Å². The fourth-order valence-electron chi connectivity index (χ4n) is 3.42. The molecule has 196 valence electrons. The standard InChI is InChI=1S/C20H28N8O7S/c1-3-22-20(32)17(13(30)10-29)35-12-27-11-23-16-18(21)24-14(25-19(16)27)4-5-15(31)26-6-8-28(9-7-26)36(2,33)34/h11,13,17,29-30H,3,6-10,12H2,1-2H3,(H,22,32)(H2,21,24,25)/t13?,17-/m0/s1. The normalized spacial score (nSPS) is 16.3. The van der Waals surface area contributed by atoms with Crippen molar-refractivity contribution in [1.82, 2.24) is 34.0 Å². The van der Waals surface area contributed by atoms with Crippen molar-refractivity contribution in [2.75, 3.05) is 51.3 Å². The van der Waals surface area contributed by atoms with Gasteiger partial charge in [-0.3, -0.25) is 14.2 Å². The molecule has 0 saturated carbocycles. The number of nitrogens with zero attached hydrogens (tertiary/aromatic N) is 6. The van der Waals surface area contributed by atoms with Gasteiger partial charge < -0.3 is 30.9 Å². The fourth-order valence-corrected chi connectivity index (χ4v) is 4.25. The molecule has 0 spiro atoms. The van der Waals surface area contributed by atoms with E-state index in [-0.39, 0.29) is 55.7 Å². The van der Waals surface area contributed by atoms with Crippen LogP contribution in [0, 0.1) is 11.8 Å². The molecule has 2 atom stereocenters. The predicted molar refractivity (Wildman–Crippen MR) is 126 cm³/mol. The molecule has 3 rings (SSSR count). The molecule has 15 nitrogen and oxygen atoms in total. The lowest BCUT2D eigenvalue weighted by Crippen LogP contribution is -2.50. The van der Waals surface area contributed by atoms with Crippen molar-refractivity contribution in [1.29, 1.82) is 0 Å². The summed E-state index contributed by atoms with van der Waals surface area (Å²) in [4.78, 5) is 38.5. The van der Waals surface area contributed by atoms with E-state index in [0.29, 0.717) is 6.54 Å². The number of hydrogen-bond acceptors (Lipinski definition) is 11. The quantitative estimate of drug-likeness (QED) is 0.252. The smallest absolute Gasteiger partial charge is 0.299 e. The summed E-state index contributed by atoms with van der Waals surface area (Å²) < 4.78 is 31.4. The van der Waals surface area contributed by atoms with E-state index >= 15 is 0 Å². The maximum absolute atomic E-state index is 12.5. The highest BCUT2D eigenvalue weighted by molar-refractivity contribution is 7.88. The number of aliphatic hydroxyl groups excluding tert-OH is 2. The maximum atomic E-state index is 12.5. The van der Waals surface area contributed by atoms with Gasteiger partial charge in [-0.15, -0.1) is 0 Å². The van der Waals surface area contributed by atoms with E-state index in [0.717, 1.165) is 6.26 Å². The van der Waals surface area contributed by atoms with Crippen LogP contribution in [0.1, 0.15) is 12.7 Å². The Labute approximate surface area is 207 Å². The van der Waals surface area contributed by atoms with Crippen LogP contribution in [-0.4, -0.2) is 117 Å². The summed E-state index contributed by atoms with van der Waals surface area (Å²) in [5.74, 6) is 3.85. The minimum absolute atomic E-state index is 0.00735. The van der Waals surface area contributed by atoms with Crippen LogP contribution in [0.4, 0.5) is 5.82 Å². The lowest BCUT2D eigenvalue weighted by atomic mass is 10.2. The van der Waals surface area contributed by atoms with Crippen molar-refractivity contribution in [3.05, 3.63) is 12.2 Å². The molecule has 0 aliphatic carbocycles. The van der Waals surface area contributed by atoms with Crippen molar-refractivity contribution >= 4 is 38.8 Å². The number of carbonyl (C=O) groups is 2. The second kappa shape index (κ2) is 11.6. The Balaban J connectivity index is 1.75. The van der Waals surface area contributed by atoms with E-state index in [1.165, 1.54) is 20.1 Å². The van der Waals surface area contributed by atoms with Gasteiger partial charge in [0.25, 0.3) is 11.8 Å². The second-order valence-corrected chi connectivity index (χ2v) is 9.87. The number of hydrogen-bond donors (Lipinski definition) is 4. The topological polar surface area (TPSA) is 206 Å². The summed E-state index contributed by atoms with van der Waals surface area (Å²) in [5, 5.41) is 21.7. The van der Waals surface area contributed by atoms with Gasteiger partial charge in [-0.25, -0.2) is 23.4 Å². The number of likely N-dealkylation sites (N-methyl/N-ethyl adjacent to an activating group) is 1. The Morgan fingerprint density at radius 1 is 1.28 bits per heavy atom. The maximum Gasteiger partial charge on any atom is 0.299 e. The zero-order valence-corrected chi connectivity index (χ0v) is 20.6. The van der Waals surface area contributed by atoms with E-state index in [9.17, 15) is 28.2 Å². The van der Waals surface area contributed by atoms with Crippen LogP contribution in [0.3, 0.4) is 0 Å². The summed E-state index contributed by atoms with van der Waals surface area (Å²) in [7, 11) is -3.32. The number of nitrogen functional groups attached to an aromatic ring is 1. The molecule has 0 bridgehead atoms. The molecule has 0 radical (unpaired) electrons. The third-order valence-corrected chi connectivity index (χ3v) is 6.61. The third kappa shape index (κ3) is 6.44. The number of carbonyl (C=O) groups excluding carboxylic acids is 2. The fraction of sp³-hybridized carbons (Fsp3) is 0.550. The Bertz CT molecular complexity index is 1280. The average molecular weight is 525 g/mol. The second-order valence-electron chi connectivity index (χ2n) is 7.88. The summed E-state index contributed by atoms with van der Waals surface area (Å²) in [6.07, 6.45) is -0.323. The number of sulfonamides is 1. The number of nitrogens with two attached hydrogens (primary N) is 1. The van der Waals surface area contributed by atoms with Gasteiger partial charge in [-0.1, -0.05) is 0 Å². The minimum atomic E-state index is -3.32.